The zero-order valence-corrected chi connectivity index (χ0v) is 19.1. The molecule has 0 saturated carbocycles. The summed E-state index contributed by atoms with van der Waals surface area (Å²) in [5, 5.41) is 14.9. The van der Waals surface area contributed by atoms with Gasteiger partial charge in [-0.2, -0.15) is 10.2 Å². The Kier molecular flexibility index (Phi) is 6.82. The van der Waals surface area contributed by atoms with Gasteiger partial charge in [-0.1, -0.05) is 13.0 Å². The Morgan fingerprint density at radius 3 is 2.66 bits per heavy atom. The Bertz CT molecular complexity index is 1030. The van der Waals surface area contributed by atoms with Gasteiger partial charge in [0.25, 0.3) is 0 Å². The maximum atomic E-state index is 14.2. The van der Waals surface area contributed by atoms with E-state index in [1.54, 1.807) is 19.2 Å². The number of hydrogen-bond acceptors (Lipinski definition) is 7. The zero-order chi connectivity index (χ0) is 23.5. The first-order valence-electron chi connectivity index (χ1n) is 10.6. The molecule has 9 heteroatoms. The quantitative estimate of drug-likeness (QED) is 0.742. The van der Waals surface area contributed by atoms with E-state index >= 15 is 0 Å². The number of nitrogens with one attached hydrogen (secondary N) is 2. The Balaban J connectivity index is 1.86. The predicted octanol–water partition coefficient (Wildman–Crippen LogP) is 3.94. The molecule has 1 fully saturated rings. The summed E-state index contributed by atoms with van der Waals surface area (Å²) in [5.74, 6) is 0.792. The van der Waals surface area contributed by atoms with Gasteiger partial charge in [0.05, 0.1) is 17.3 Å². The summed E-state index contributed by atoms with van der Waals surface area (Å²) in [7, 11) is 1.72. The van der Waals surface area contributed by atoms with Crippen LogP contribution in [-0.4, -0.2) is 47.8 Å². The van der Waals surface area contributed by atoms with Gasteiger partial charge in [0.15, 0.2) is 0 Å². The fraction of sp³-hybridized carbons (Fsp3) is 0.478. The van der Waals surface area contributed by atoms with E-state index in [1.165, 1.54) is 12.1 Å². The van der Waals surface area contributed by atoms with Crippen molar-refractivity contribution in [1.29, 1.82) is 5.26 Å². The average molecular weight is 441 g/mol. The van der Waals surface area contributed by atoms with Gasteiger partial charge in [-0.15, -0.1) is 0 Å². The lowest BCUT2D eigenvalue weighted by molar-refractivity contribution is 0.0495. The molecular weight excluding hydrogens is 411 g/mol. The molecule has 1 amide bonds. The van der Waals surface area contributed by atoms with Gasteiger partial charge in [-0.05, 0) is 45.2 Å². The highest BCUT2D eigenvalue weighted by molar-refractivity contribution is 5.69. The van der Waals surface area contributed by atoms with E-state index in [-0.39, 0.29) is 11.6 Å². The summed E-state index contributed by atoms with van der Waals surface area (Å²) in [4.78, 5) is 23.4. The highest BCUT2D eigenvalue weighted by Gasteiger charge is 2.29. The van der Waals surface area contributed by atoms with Gasteiger partial charge < -0.3 is 20.3 Å². The number of halogens is 1. The summed E-state index contributed by atoms with van der Waals surface area (Å²) >= 11 is 0. The number of aromatic nitrogens is 2. The van der Waals surface area contributed by atoms with Crippen LogP contribution in [0.1, 0.15) is 39.7 Å². The van der Waals surface area contributed by atoms with Crippen LogP contribution < -0.4 is 15.5 Å². The third-order valence-electron chi connectivity index (χ3n) is 5.03. The molecule has 1 aliphatic rings. The Labute approximate surface area is 187 Å². The number of ether oxygens (including phenoxy) is 1. The second-order valence-electron chi connectivity index (χ2n) is 9.08. The molecule has 2 aromatic rings. The molecule has 170 valence electrons. The minimum absolute atomic E-state index is 0.0159. The molecule has 8 nitrogen and oxygen atoms in total. The van der Waals surface area contributed by atoms with Gasteiger partial charge >= 0.3 is 6.09 Å². The third-order valence-corrected chi connectivity index (χ3v) is 5.03. The van der Waals surface area contributed by atoms with E-state index in [0.717, 1.165) is 13.0 Å². The lowest BCUT2D eigenvalue weighted by atomic mass is 9.96. The van der Waals surface area contributed by atoms with E-state index < -0.39 is 17.5 Å². The van der Waals surface area contributed by atoms with Crippen LogP contribution in [0.25, 0.3) is 11.3 Å². The lowest BCUT2D eigenvalue weighted by Crippen LogP contribution is -2.51. The minimum atomic E-state index is -0.593. The number of piperidine rings is 1. The standard InChI is InChI=1S/C23H29FN6O2/c1-14-8-17(27-22(31)32-23(2,3)4)13-30(12-14)20-10-19(28-21(26-5)29-20)15-6-7-16(11-25)18(24)9-15/h6-7,9-10,14,17H,8,12-13H2,1-5H3,(H,27,31)(H,26,28,29)/t14-,17-/m1/s1. The van der Waals surface area contributed by atoms with Crippen LogP contribution in [0.5, 0.6) is 0 Å². The van der Waals surface area contributed by atoms with E-state index in [2.05, 4.69) is 32.4 Å². The van der Waals surface area contributed by atoms with Crippen molar-refractivity contribution < 1.29 is 13.9 Å². The van der Waals surface area contributed by atoms with Crippen molar-refractivity contribution in [3.05, 3.63) is 35.6 Å². The number of nitriles is 1. The summed E-state index contributed by atoms with van der Waals surface area (Å²) in [6.45, 7) is 8.92. The second kappa shape index (κ2) is 9.39. The fourth-order valence-electron chi connectivity index (χ4n) is 3.74. The van der Waals surface area contributed by atoms with Crippen LogP contribution in [0.2, 0.25) is 0 Å². The molecule has 1 aromatic carbocycles. The van der Waals surface area contributed by atoms with Crippen molar-refractivity contribution >= 4 is 17.9 Å². The van der Waals surface area contributed by atoms with E-state index in [9.17, 15) is 9.18 Å². The first-order chi connectivity index (χ1) is 15.1. The molecule has 32 heavy (non-hydrogen) atoms. The maximum Gasteiger partial charge on any atom is 0.407 e. The Morgan fingerprint density at radius 1 is 1.28 bits per heavy atom. The molecule has 1 saturated heterocycles. The summed E-state index contributed by atoms with van der Waals surface area (Å²) < 4.78 is 19.6. The summed E-state index contributed by atoms with van der Waals surface area (Å²) in [6.07, 6.45) is 0.386. The number of anilines is 2. The van der Waals surface area contributed by atoms with Crippen LogP contribution in [0, 0.1) is 23.1 Å². The molecule has 0 radical (unpaired) electrons. The molecule has 2 N–H and O–H groups in total. The first kappa shape index (κ1) is 23.3. The number of rotatable bonds is 4. The molecule has 1 aromatic heterocycles. The molecule has 0 spiro atoms. The highest BCUT2D eigenvalue weighted by atomic mass is 19.1. The van der Waals surface area contributed by atoms with Crippen LogP contribution >= 0.6 is 0 Å². The second-order valence-corrected chi connectivity index (χ2v) is 9.08. The number of nitrogens with zero attached hydrogens (tertiary/aromatic N) is 4. The van der Waals surface area contributed by atoms with Crippen LogP contribution in [0.4, 0.5) is 21.0 Å². The number of carbonyl (C=O) groups excluding carboxylic acids is 1. The molecule has 2 heterocycles. The monoisotopic (exact) mass is 440 g/mol. The molecule has 2 atom stereocenters. The third kappa shape index (κ3) is 5.84. The van der Waals surface area contributed by atoms with E-state index in [1.807, 2.05) is 26.8 Å². The first-order valence-corrected chi connectivity index (χ1v) is 10.6. The number of amides is 1. The van der Waals surface area contributed by atoms with Gasteiger partial charge in [0, 0.05) is 31.8 Å². The minimum Gasteiger partial charge on any atom is -0.444 e. The van der Waals surface area contributed by atoms with E-state index in [4.69, 9.17) is 10.00 Å². The highest BCUT2D eigenvalue weighted by Crippen LogP contribution is 2.28. The molecular formula is C23H29FN6O2. The van der Waals surface area contributed by atoms with Gasteiger partial charge in [-0.3, -0.25) is 0 Å². The SMILES string of the molecule is CNc1nc(-c2ccc(C#N)c(F)c2)cc(N2C[C@H](C)C[C@@H](NC(=O)OC(C)(C)C)C2)n1. The van der Waals surface area contributed by atoms with Crippen LogP contribution in [0.15, 0.2) is 24.3 Å². The summed E-state index contributed by atoms with van der Waals surface area (Å²) in [5.41, 5.74) is 0.509. The van der Waals surface area contributed by atoms with Gasteiger partial charge in [0.1, 0.15) is 23.3 Å². The fourth-order valence-corrected chi connectivity index (χ4v) is 3.74. The average Bonchev–Trinajstić information content (AvgIpc) is 2.71. The molecule has 0 unspecified atom stereocenters. The number of benzene rings is 1. The maximum absolute atomic E-state index is 14.2. The number of alkyl carbamates (subject to hydrolysis) is 1. The van der Waals surface area contributed by atoms with Crippen molar-refractivity contribution in [1.82, 2.24) is 15.3 Å². The van der Waals surface area contributed by atoms with Crippen molar-refractivity contribution in [3.8, 4) is 17.3 Å². The van der Waals surface area contributed by atoms with E-state index in [0.29, 0.717) is 35.5 Å². The van der Waals surface area contributed by atoms with Gasteiger partial charge in [-0.25, -0.2) is 14.2 Å². The largest absolute Gasteiger partial charge is 0.444 e. The molecule has 3 rings (SSSR count). The molecule has 0 aliphatic carbocycles. The molecule has 1 aliphatic heterocycles. The van der Waals surface area contributed by atoms with Crippen LogP contribution in [0.3, 0.4) is 0 Å². The summed E-state index contributed by atoms with van der Waals surface area (Å²) in [6, 6.07) is 7.93. The van der Waals surface area contributed by atoms with Crippen LogP contribution in [-0.2, 0) is 4.74 Å². The Hall–Kier alpha value is -3.41. The smallest absolute Gasteiger partial charge is 0.407 e. The van der Waals surface area contributed by atoms with Crippen molar-refractivity contribution in [2.45, 2.75) is 45.8 Å². The lowest BCUT2D eigenvalue weighted by Gasteiger charge is -2.37. The topological polar surface area (TPSA) is 103 Å². The zero-order valence-electron chi connectivity index (χ0n) is 19.1. The Morgan fingerprint density at radius 2 is 2.03 bits per heavy atom. The van der Waals surface area contributed by atoms with Crippen molar-refractivity contribution in [2.24, 2.45) is 5.92 Å². The van der Waals surface area contributed by atoms with Crippen molar-refractivity contribution in [3.63, 3.8) is 0 Å². The predicted molar refractivity (Wildman–Crippen MR) is 121 cm³/mol. The molecule has 0 bridgehead atoms. The number of carbonyl (C=O) groups is 1. The normalized spacial score (nSPS) is 18.6. The van der Waals surface area contributed by atoms with Crippen molar-refractivity contribution in [2.75, 3.05) is 30.4 Å². The number of hydrogen-bond donors (Lipinski definition) is 2. The van der Waals surface area contributed by atoms with Gasteiger partial charge in [0.2, 0.25) is 5.95 Å².